The van der Waals surface area contributed by atoms with Crippen LogP contribution in [-0.4, -0.2) is 43.8 Å². The lowest BCUT2D eigenvalue weighted by molar-refractivity contribution is -0.135. The summed E-state index contributed by atoms with van der Waals surface area (Å²) in [7, 11) is 4.03. The summed E-state index contributed by atoms with van der Waals surface area (Å²) in [6.45, 7) is 5.01. The highest BCUT2D eigenvalue weighted by Crippen LogP contribution is 2.22. The van der Waals surface area contributed by atoms with Gasteiger partial charge in [-0.2, -0.15) is 13.2 Å². The van der Waals surface area contributed by atoms with E-state index >= 15 is 0 Å². The molecule has 0 heterocycles. The third kappa shape index (κ3) is 12.0. The topological polar surface area (TPSA) is 15.3 Å². The molecule has 2 atom stereocenters. The van der Waals surface area contributed by atoms with Crippen molar-refractivity contribution in [2.45, 2.75) is 57.8 Å². The van der Waals surface area contributed by atoms with E-state index in [1.165, 1.54) is 0 Å². The van der Waals surface area contributed by atoms with E-state index in [2.05, 4.69) is 17.1 Å². The Hall–Kier alpha value is -0.290. The summed E-state index contributed by atoms with van der Waals surface area (Å²) < 4.78 is 35.9. The maximum absolute atomic E-state index is 12.0. The van der Waals surface area contributed by atoms with Crippen LogP contribution in [-0.2, 0) is 0 Å². The Bertz CT molecular complexity index is 193. The van der Waals surface area contributed by atoms with Gasteiger partial charge in [0.2, 0.25) is 0 Å². The number of alkyl halides is 3. The van der Waals surface area contributed by atoms with Crippen LogP contribution in [0.2, 0.25) is 0 Å². The SMILES string of the molecule is CC(CCCC(F)(F)F)NC(C)CCN(C)C. The largest absolute Gasteiger partial charge is 0.389 e. The van der Waals surface area contributed by atoms with E-state index in [1.54, 1.807) is 0 Å². The summed E-state index contributed by atoms with van der Waals surface area (Å²) in [5.41, 5.74) is 0. The minimum absolute atomic E-state index is 0.148. The van der Waals surface area contributed by atoms with Gasteiger partial charge in [-0.1, -0.05) is 0 Å². The first-order valence-electron chi connectivity index (χ1n) is 6.18. The molecular formula is C12H25F3N2. The third-order valence-corrected chi connectivity index (χ3v) is 2.68. The van der Waals surface area contributed by atoms with Crippen molar-refractivity contribution in [3.8, 4) is 0 Å². The Balaban J connectivity index is 3.60. The lowest BCUT2D eigenvalue weighted by atomic mass is 10.1. The van der Waals surface area contributed by atoms with E-state index < -0.39 is 12.6 Å². The van der Waals surface area contributed by atoms with Gasteiger partial charge in [-0.3, -0.25) is 0 Å². The van der Waals surface area contributed by atoms with Crippen LogP contribution < -0.4 is 5.32 Å². The van der Waals surface area contributed by atoms with E-state index in [0.717, 1.165) is 13.0 Å². The molecule has 0 saturated heterocycles. The maximum atomic E-state index is 12.0. The number of nitrogens with one attached hydrogen (secondary N) is 1. The molecule has 2 nitrogen and oxygen atoms in total. The summed E-state index contributed by atoms with van der Waals surface area (Å²) >= 11 is 0. The molecule has 0 spiro atoms. The normalized spacial score (nSPS) is 16.2. The molecule has 0 aromatic carbocycles. The van der Waals surface area contributed by atoms with Crippen LogP contribution in [0.5, 0.6) is 0 Å². The molecule has 104 valence electrons. The molecule has 0 rings (SSSR count). The molecule has 17 heavy (non-hydrogen) atoms. The zero-order valence-corrected chi connectivity index (χ0v) is 11.3. The second-order valence-corrected chi connectivity index (χ2v) is 5.07. The molecule has 0 aromatic rings. The van der Waals surface area contributed by atoms with Gasteiger partial charge < -0.3 is 10.2 Å². The van der Waals surface area contributed by atoms with Gasteiger partial charge in [0.25, 0.3) is 0 Å². The van der Waals surface area contributed by atoms with Gasteiger partial charge in [-0.05, 0) is 53.8 Å². The summed E-state index contributed by atoms with van der Waals surface area (Å²) in [6.07, 6.45) is -2.90. The van der Waals surface area contributed by atoms with Crippen LogP contribution in [0.25, 0.3) is 0 Å². The van der Waals surface area contributed by atoms with E-state index in [1.807, 2.05) is 21.0 Å². The molecule has 0 saturated carbocycles. The fourth-order valence-corrected chi connectivity index (χ4v) is 1.71. The molecule has 0 aliphatic heterocycles. The number of hydrogen-bond acceptors (Lipinski definition) is 2. The van der Waals surface area contributed by atoms with Crippen LogP contribution >= 0.6 is 0 Å². The first kappa shape index (κ1) is 16.7. The molecule has 0 radical (unpaired) electrons. The van der Waals surface area contributed by atoms with Gasteiger partial charge in [-0.15, -0.1) is 0 Å². The fourth-order valence-electron chi connectivity index (χ4n) is 1.71. The van der Waals surface area contributed by atoms with Crippen LogP contribution in [0.3, 0.4) is 0 Å². The second-order valence-electron chi connectivity index (χ2n) is 5.07. The Kier molecular flexibility index (Phi) is 7.79. The van der Waals surface area contributed by atoms with E-state index in [4.69, 9.17) is 0 Å². The van der Waals surface area contributed by atoms with E-state index in [0.29, 0.717) is 12.5 Å². The van der Waals surface area contributed by atoms with E-state index in [9.17, 15) is 13.2 Å². The van der Waals surface area contributed by atoms with Crippen molar-refractivity contribution in [2.75, 3.05) is 20.6 Å². The lowest BCUT2D eigenvalue weighted by Gasteiger charge is -2.21. The molecule has 1 N–H and O–H groups in total. The molecule has 0 amide bonds. The first-order chi connectivity index (χ1) is 7.70. The van der Waals surface area contributed by atoms with Gasteiger partial charge in [0.15, 0.2) is 0 Å². The number of halogens is 3. The zero-order valence-electron chi connectivity index (χ0n) is 11.3. The number of rotatable bonds is 8. The quantitative estimate of drug-likeness (QED) is 0.716. The first-order valence-corrected chi connectivity index (χ1v) is 6.18. The number of hydrogen-bond donors (Lipinski definition) is 1. The molecule has 0 aliphatic rings. The monoisotopic (exact) mass is 254 g/mol. The van der Waals surface area contributed by atoms with Crippen molar-refractivity contribution >= 4 is 0 Å². The predicted octanol–water partition coefficient (Wildman–Crippen LogP) is 3.04. The highest BCUT2D eigenvalue weighted by molar-refractivity contribution is 4.69. The summed E-state index contributed by atoms with van der Waals surface area (Å²) in [4.78, 5) is 2.10. The maximum Gasteiger partial charge on any atom is 0.389 e. The highest BCUT2D eigenvalue weighted by Gasteiger charge is 2.26. The van der Waals surface area contributed by atoms with Gasteiger partial charge in [0.1, 0.15) is 0 Å². The summed E-state index contributed by atoms with van der Waals surface area (Å²) in [5, 5.41) is 3.33. The van der Waals surface area contributed by atoms with Gasteiger partial charge in [0.05, 0.1) is 0 Å². The second kappa shape index (κ2) is 7.93. The van der Waals surface area contributed by atoms with Crippen LogP contribution in [0.1, 0.15) is 39.5 Å². The molecule has 0 bridgehead atoms. The average Bonchev–Trinajstić information content (AvgIpc) is 2.12. The van der Waals surface area contributed by atoms with Gasteiger partial charge in [-0.25, -0.2) is 0 Å². The Morgan fingerprint density at radius 1 is 1.06 bits per heavy atom. The van der Waals surface area contributed by atoms with Crippen molar-refractivity contribution in [3.05, 3.63) is 0 Å². The average molecular weight is 254 g/mol. The zero-order chi connectivity index (χ0) is 13.5. The highest BCUT2D eigenvalue weighted by atomic mass is 19.4. The molecule has 5 heteroatoms. The van der Waals surface area contributed by atoms with Crippen molar-refractivity contribution in [3.63, 3.8) is 0 Å². The lowest BCUT2D eigenvalue weighted by Crippen LogP contribution is -2.36. The smallest absolute Gasteiger partial charge is 0.312 e. The van der Waals surface area contributed by atoms with Gasteiger partial charge >= 0.3 is 6.18 Å². The predicted molar refractivity (Wildman–Crippen MR) is 65.1 cm³/mol. The van der Waals surface area contributed by atoms with Crippen molar-refractivity contribution in [1.82, 2.24) is 10.2 Å². The van der Waals surface area contributed by atoms with E-state index in [-0.39, 0.29) is 12.5 Å². The fraction of sp³-hybridized carbons (Fsp3) is 1.00. The Morgan fingerprint density at radius 3 is 2.06 bits per heavy atom. The van der Waals surface area contributed by atoms with Crippen molar-refractivity contribution in [2.24, 2.45) is 0 Å². The van der Waals surface area contributed by atoms with Crippen LogP contribution in [0.4, 0.5) is 13.2 Å². The summed E-state index contributed by atoms with van der Waals surface area (Å²) in [5.74, 6) is 0. The molecule has 2 unspecified atom stereocenters. The molecule has 0 aliphatic carbocycles. The van der Waals surface area contributed by atoms with Crippen LogP contribution in [0.15, 0.2) is 0 Å². The minimum Gasteiger partial charge on any atom is -0.312 e. The van der Waals surface area contributed by atoms with Crippen molar-refractivity contribution < 1.29 is 13.2 Å². The number of nitrogens with zero attached hydrogens (tertiary/aromatic N) is 1. The van der Waals surface area contributed by atoms with Gasteiger partial charge in [0, 0.05) is 18.5 Å². The van der Waals surface area contributed by atoms with Crippen molar-refractivity contribution in [1.29, 1.82) is 0 Å². The Morgan fingerprint density at radius 2 is 1.59 bits per heavy atom. The molecule has 0 aromatic heterocycles. The third-order valence-electron chi connectivity index (χ3n) is 2.68. The summed E-state index contributed by atoms with van der Waals surface area (Å²) in [6, 6.07) is 0.493. The molecular weight excluding hydrogens is 229 g/mol. The minimum atomic E-state index is -4.02. The standard InChI is InChI=1S/C12H25F3N2/c1-10(6-5-8-12(13,14)15)16-11(2)7-9-17(3)4/h10-11,16H,5-9H2,1-4H3. The molecule has 0 fully saturated rings. The Labute approximate surface area is 103 Å². The van der Waals surface area contributed by atoms with Crippen LogP contribution in [0, 0.1) is 0 Å².